The first-order chi connectivity index (χ1) is 8.42. The fourth-order valence-electron chi connectivity index (χ4n) is 1.56. The summed E-state index contributed by atoms with van der Waals surface area (Å²) in [5.41, 5.74) is 5.89. The molecule has 0 radical (unpaired) electrons. The minimum absolute atomic E-state index is 0.160. The molecule has 1 aliphatic heterocycles. The predicted molar refractivity (Wildman–Crippen MR) is 71.8 cm³/mol. The van der Waals surface area contributed by atoms with Crippen molar-refractivity contribution >= 4 is 34.7 Å². The van der Waals surface area contributed by atoms with Gasteiger partial charge in [-0.15, -0.1) is 11.6 Å². The molecule has 1 aliphatic rings. The Morgan fingerprint density at radius 3 is 2.94 bits per heavy atom. The van der Waals surface area contributed by atoms with Gasteiger partial charge in [-0.25, -0.2) is 4.99 Å². The molecule has 0 unspecified atom stereocenters. The summed E-state index contributed by atoms with van der Waals surface area (Å²) in [6, 6.07) is 5.20. The summed E-state index contributed by atoms with van der Waals surface area (Å²) in [5, 5.41) is 2.77. The van der Waals surface area contributed by atoms with Crippen molar-refractivity contribution in [1.82, 2.24) is 0 Å². The van der Waals surface area contributed by atoms with Crippen molar-refractivity contribution < 1.29 is 9.53 Å². The van der Waals surface area contributed by atoms with Crippen LogP contribution >= 0.6 is 11.6 Å². The zero-order chi connectivity index (χ0) is 13.3. The molecular weight excluding hydrogens is 254 g/mol. The molecule has 1 aromatic carbocycles. The molecule has 1 aromatic rings. The van der Waals surface area contributed by atoms with Crippen molar-refractivity contribution in [2.24, 2.45) is 10.7 Å². The average Bonchev–Trinajstić information content (AvgIpc) is 2.30. The maximum Gasteiger partial charge on any atom is 0.268 e. The van der Waals surface area contributed by atoms with Crippen LogP contribution in [0.4, 0.5) is 11.4 Å². The molecule has 0 bridgehead atoms. The van der Waals surface area contributed by atoms with Crippen molar-refractivity contribution in [1.29, 1.82) is 0 Å². The van der Waals surface area contributed by atoms with Gasteiger partial charge < -0.3 is 15.8 Å². The molecule has 5 nitrogen and oxygen atoms in total. The molecule has 0 spiro atoms. The lowest BCUT2D eigenvalue weighted by molar-refractivity contribution is -0.129. The highest BCUT2D eigenvalue weighted by atomic mass is 35.5. The highest BCUT2D eigenvalue weighted by molar-refractivity contribution is 6.28. The first-order valence-electron chi connectivity index (χ1n) is 5.46. The molecule has 0 atom stereocenters. The topological polar surface area (TPSA) is 76.7 Å². The van der Waals surface area contributed by atoms with Crippen molar-refractivity contribution in [3.8, 4) is 5.75 Å². The molecule has 0 aromatic heterocycles. The molecule has 3 N–H and O–H groups in total. The number of fused-ring (bicyclic) bond motifs is 1. The van der Waals surface area contributed by atoms with Crippen LogP contribution < -0.4 is 15.8 Å². The van der Waals surface area contributed by atoms with Crippen LogP contribution in [0, 0.1) is 0 Å². The van der Waals surface area contributed by atoms with Gasteiger partial charge in [0.15, 0.2) is 5.60 Å². The van der Waals surface area contributed by atoms with E-state index in [1.54, 1.807) is 32.0 Å². The summed E-state index contributed by atoms with van der Waals surface area (Å²) in [7, 11) is 0. The molecule has 0 fully saturated rings. The van der Waals surface area contributed by atoms with Gasteiger partial charge in [0, 0.05) is 0 Å². The third-order valence-electron chi connectivity index (χ3n) is 2.53. The quantitative estimate of drug-likeness (QED) is 0.489. The van der Waals surface area contributed by atoms with E-state index in [-0.39, 0.29) is 11.8 Å². The molecule has 18 heavy (non-hydrogen) atoms. The van der Waals surface area contributed by atoms with Gasteiger partial charge in [-0.3, -0.25) is 4.79 Å². The second kappa shape index (κ2) is 4.49. The molecule has 0 aliphatic carbocycles. The van der Waals surface area contributed by atoms with Crippen LogP contribution in [-0.4, -0.2) is 23.2 Å². The minimum atomic E-state index is -0.868. The van der Waals surface area contributed by atoms with Gasteiger partial charge in [0.1, 0.15) is 11.6 Å². The van der Waals surface area contributed by atoms with Crippen LogP contribution in [0.15, 0.2) is 23.2 Å². The number of carbonyl (C=O) groups excluding carboxylic acids is 1. The summed E-state index contributed by atoms with van der Waals surface area (Å²) < 4.78 is 5.60. The Morgan fingerprint density at radius 1 is 1.56 bits per heavy atom. The van der Waals surface area contributed by atoms with Crippen LogP contribution in [-0.2, 0) is 4.79 Å². The highest BCUT2D eigenvalue weighted by Gasteiger charge is 2.35. The van der Waals surface area contributed by atoms with Gasteiger partial charge in [0.05, 0.1) is 17.3 Å². The van der Waals surface area contributed by atoms with E-state index in [0.29, 0.717) is 23.0 Å². The van der Waals surface area contributed by atoms with Gasteiger partial charge in [-0.1, -0.05) is 0 Å². The fraction of sp³-hybridized carbons (Fsp3) is 0.333. The van der Waals surface area contributed by atoms with Gasteiger partial charge in [-0.2, -0.15) is 0 Å². The van der Waals surface area contributed by atoms with Gasteiger partial charge in [0.2, 0.25) is 0 Å². The molecular formula is C12H14ClN3O2. The van der Waals surface area contributed by atoms with E-state index in [1.165, 1.54) is 0 Å². The van der Waals surface area contributed by atoms with E-state index in [9.17, 15) is 4.79 Å². The van der Waals surface area contributed by atoms with Gasteiger partial charge in [-0.05, 0) is 32.0 Å². The number of halogens is 1. The van der Waals surface area contributed by atoms with Crippen LogP contribution in [0.2, 0.25) is 0 Å². The number of ether oxygens (including phenoxy) is 1. The number of nitrogens with zero attached hydrogens (tertiary/aromatic N) is 1. The molecule has 1 amide bonds. The smallest absolute Gasteiger partial charge is 0.268 e. The number of nitrogens with two attached hydrogens (primary N) is 1. The van der Waals surface area contributed by atoms with Crippen LogP contribution in [0.25, 0.3) is 0 Å². The highest BCUT2D eigenvalue weighted by Crippen LogP contribution is 2.36. The number of amidine groups is 1. The Labute approximate surface area is 110 Å². The molecule has 0 saturated carbocycles. The number of benzene rings is 1. The Morgan fingerprint density at radius 2 is 2.28 bits per heavy atom. The Balaban J connectivity index is 2.35. The summed E-state index contributed by atoms with van der Waals surface area (Å²) >= 11 is 5.56. The van der Waals surface area contributed by atoms with Crippen molar-refractivity contribution in [2.75, 3.05) is 11.2 Å². The monoisotopic (exact) mass is 267 g/mol. The molecule has 6 heteroatoms. The Kier molecular flexibility index (Phi) is 3.17. The third-order valence-corrected chi connectivity index (χ3v) is 2.81. The van der Waals surface area contributed by atoms with Gasteiger partial charge in [0.25, 0.3) is 5.91 Å². The SMILES string of the molecule is CC1(C)Oc2ccc(N=C(N)CCl)cc2NC1=O. The zero-order valence-corrected chi connectivity index (χ0v) is 10.9. The minimum Gasteiger partial charge on any atom is -0.476 e. The second-order valence-electron chi connectivity index (χ2n) is 4.48. The average molecular weight is 268 g/mol. The Bertz CT molecular complexity index is 526. The van der Waals surface area contributed by atoms with Gasteiger partial charge >= 0.3 is 0 Å². The zero-order valence-electron chi connectivity index (χ0n) is 10.2. The molecule has 2 rings (SSSR count). The van der Waals surface area contributed by atoms with E-state index in [4.69, 9.17) is 22.1 Å². The third kappa shape index (κ3) is 2.41. The molecule has 1 heterocycles. The van der Waals surface area contributed by atoms with Crippen LogP contribution in [0.1, 0.15) is 13.8 Å². The maximum absolute atomic E-state index is 11.8. The number of amides is 1. The maximum atomic E-state index is 11.8. The van der Waals surface area contributed by atoms with E-state index >= 15 is 0 Å². The molecule has 0 saturated heterocycles. The second-order valence-corrected chi connectivity index (χ2v) is 4.75. The normalized spacial score (nSPS) is 17.7. The van der Waals surface area contributed by atoms with E-state index in [2.05, 4.69) is 10.3 Å². The van der Waals surface area contributed by atoms with E-state index in [1.807, 2.05) is 0 Å². The number of alkyl halides is 1. The predicted octanol–water partition coefficient (Wildman–Crippen LogP) is 2.02. The van der Waals surface area contributed by atoms with Crippen molar-refractivity contribution in [3.63, 3.8) is 0 Å². The number of aliphatic imine (C=N–C) groups is 1. The number of anilines is 1. The number of nitrogens with one attached hydrogen (secondary N) is 1. The number of hydrogen-bond donors (Lipinski definition) is 2. The number of carbonyl (C=O) groups is 1. The van der Waals surface area contributed by atoms with E-state index in [0.717, 1.165) is 0 Å². The lowest BCUT2D eigenvalue weighted by Gasteiger charge is -2.31. The summed E-state index contributed by atoms with van der Waals surface area (Å²) in [4.78, 5) is 15.9. The fourth-order valence-corrected chi connectivity index (χ4v) is 1.62. The number of rotatable bonds is 2. The van der Waals surface area contributed by atoms with Crippen LogP contribution in [0.3, 0.4) is 0 Å². The first-order valence-corrected chi connectivity index (χ1v) is 5.99. The lowest BCUT2D eigenvalue weighted by Crippen LogP contribution is -2.45. The Hall–Kier alpha value is -1.75. The first kappa shape index (κ1) is 12.7. The van der Waals surface area contributed by atoms with Crippen molar-refractivity contribution in [3.05, 3.63) is 18.2 Å². The van der Waals surface area contributed by atoms with Crippen molar-refractivity contribution in [2.45, 2.75) is 19.4 Å². The van der Waals surface area contributed by atoms with E-state index < -0.39 is 5.60 Å². The molecule has 96 valence electrons. The lowest BCUT2D eigenvalue weighted by atomic mass is 10.1. The summed E-state index contributed by atoms with van der Waals surface area (Å²) in [6.07, 6.45) is 0. The standard InChI is InChI=1S/C12H14ClN3O2/c1-12(2)11(17)16-8-5-7(15-10(14)6-13)3-4-9(8)18-12/h3-5H,6H2,1-2H3,(H2,14,15)(H,16,17). The number of hydrogen-bond acceptors (Lipinski definition) is 3. The van der Waals surface area contributed by atoms with Crippen LogP contribution in [0.5, 0.6) is 5.75 Å². The summed E-state index contributed by atoms with van der Waals surface area (Å²) in [6.45, 7) is 3.42. The largest absolute Gasteiger partial charge is 0.476 e. The summed E-state index contributed by atoms with van der Waals surface area (Å²) in [5.74, 6) is 0.900.